The molecule has 0 spiro atoms. The molecular formula is C23H28N4O. The molecule has 0 aliphatic rings. The van der Waals surface area contributed by atoms with Crippen LogP contribution in [0.25, 0.3) is 0 Å². The zero-order valence-electron chi connectivity index (χ0n) is 16.8. The van der Waals surface area contributed by atoms with Crippen molar-refractivity contribution in [1.29, 1.82) is 0 Å². The van der Waals surface area contributed by atoms with Crippen molar-refractivity contribution in [3.63, 3.8) is 0 Å². The number of hydrogen-bond acceptors (Lipinski definition) is 5. The smallest absolute Gasteiger partial charge is 0.224 e. The molecule has 0 fully saturated rings. The van der Waals surface area contributed by atoms with Crippen molar-refractivity contribution in [3.05, 3.63) is 71.9 Å². The third-order valence-electron chi connectivity index (χ3n) is 4.12. The van der Waals surface area contributed by atoms with Gasteiger partial charge >= 0.3 is 0 Å². The molecule has 2 aromatic carbocycles. The molecule has 0 saturated carbocycles. The molecule has 0 saturated heterocycles. The molecule has 0 amide bonds. The van der Waals surface area contributed by atoms with Gasteiger partial charge in [-0.05, 0) is 63.4 Å². The van der Waals surface area contributed by atoms with Crippen LogP contribution in [-0.4, -0.2) is 22.6 Å². The maximum Gasteiger partial charge on any atom is 0.224 e. The van der Waals surface area contributed by atoms with Crippen molar-refractivity contribution in [2.45, 2.75) is 39.7 Å². The molecule has 28 heavy (non-hydrogen) atoms. The Kier molecular flexibility index (Phi) is 6.84. The predicted molar refractivity (Wildman–Crippen MR) is 116 cm³/mol. The molecule has 3 rings (SSSR count). The van der Waals surface area contributed by atoms with Crippen LogP contribution in [0.1, 0.15) is 31.5 Å². The lowest BCUT2D eigenvalue weighted by Crippen LogP contribution is -2.08. The van der Waals surface area contributed by atoms with Gasteiger partial charge < -0.3 is 15.4 Å². The molecule has 0 aliphatic heterocycles. The lowest BCUT2D eigenvalue weighted by molar-refractivity contribution is 0.242. The molecule has 0 aliphatic carbocycles. The summed E-state index contributed by atoms with van der Waals surface area (Å²) in [6.07, 6.45) is 2.23. The summed E-state index contributed by atoms with van der Waals surface area (Å²) in [4.78, 5) is 9.06. The highest BCUT2D eigenvalue weighted by Crippen LogP contribution is 2.21. The first kappa shape index (κ1) is 19.7. The third kappa shape index (κ3) is 6.27. The van der Waals surface area contributed by atoms with E-state index in [-0.39, 0.29) is 6.10 Å². The van der Waals surface area contributed by atoms with E-state index < -0.39 is 0 Å². The number of hydrogen-bond donors (Lipinski definition) is 2. The second-order valence-electron chi connectivity index (χ2n) is 7.05. The van der Waals surface area contributed by atoms with Crippen LogP contribution in [0.2, 0.25) is 0 Å². The summed E-state index contributed by atoms with van der Waals surface area (Å²) in [5.74, 6) is 2.28. The predicted octanol–water partition coefficient (Wildman–Crippen LogP) is 5.36. The Hall–Kier alpha value is -3.08. The van der Waals surface area contributed by atoms with Crippen molar-refractivity contribution in [2.24, 2.45) is 0 Å². The Morgan fingerprint density at radius 3 is 2.43 bits per heavy atom. The van der Waals surface area contributed by atoms with Crippen LogP contribution in [0.3, 0.4) is 0 Å². The Morgan fingerprint density at radius 2 is 1.71 bits per heavy atom. The highest BCUT2D eigenvalue weighted by Gasteiger charge is 2.04. The summed E-state index contributed by atoms with van der Waals surface area (Å²) in [7, 11) is 0. The quantitative estimate of drug-likeness (QED) is 0.492. The normalized spacial score (nSPS) is 10.7. The summed E-state index contributed by atoms with van der Waals surface area (Å²) in [6.45, 7) is 6.84. The topological polar surface area (TPSA) is 59.1 Å². The first-order chi connectivity index (χ1) is 13.6. The summed E-state index contributed by atoms with van der Waals surface area (Å²) >= 11 is 0. The minimum Gasteiger partial charge on any atom is -0.491 e. The van der Waals surface area contributed by atoms with Crippen molar-refractivity contribution < 1.29 is 4.74 Å². The largest absolute Gasteiger partial charge is 0.491 e. The van der Waals surface area contributed by atoms with Crippen molar-refractivity contribution in [1.82, 2.24) is 9.97 Å². The average molecular weight is 377 g/mol. The summed E-state index contributed by atoms with van der Waals surface area (Å²) in [5.41, 5.74) is 3.23. The molecule has 5 nitrogen and oxygen atoms in total. The van der Waals surface area contributed by atoms with Gasteiger partial charge in [0, 0.05) is 24.0 Å². The lowest BCUT2D eigenvalue weighted by Gasteiger charge is -2.12. The van der Waals surface area contributed by atoms with Gasteiger partial charge in [0.2, 0.25) is 5.95 Å². The van der Waals surface area contributed by atoms with Crippen LogP contribution >= 0.6 is 0 Å². The van der Waals surface area contributed by atoms with Gasteiger partial charge in [-0.3, -0.25) is 0 Å². The summed E-state index contributed by atoms with van der Waals surface area (Å²) in [5, 5.41) is 6.67. The molecule has 2 N–H and O–H groups in total. The first-order valence-corrected chi connectivity index (χ1v) is 9.76. The first-order valence-electron chi connectivity index (χ1n) is 9.76. The number of nitrogens with one attached hydrogen (secondary N) is 2. The zero-order valence-corrected chi connectivity index (χ0v) is 16.8. The number of nitrogens with zero attached hydrogens (tertiary/aromatic N) is 2. The molecular weight excluding hydrogens is 348 g/mol. The van der Waals surface area contributed by atoms with Crippen molar-refractivity contribution in [3.8, 4) is 5.75 Å². The molecule has 1 heterocycles. The van der Waals surface area contributed by atoms with E-state index in [9.17, 15) is 0 Å². The van der Waals surface area contributed by atoms with Crippen LogP contribution < -0.4 is 15.4 Å². The Balaban J connectivity index is 1.55. The maximum atomic E-state index is 5.68. The highest BCUT2D eigenvalue weighted by molar-refractivity contribution is 5.58. The number of benzene rings is 2. The van der Waals surface area contributed by atoms with E-state index in [1.807, 2.05) is 57.2 Å². The average Bonchev–Trinajstić information content (AvgIpc) is 2.67. The van der Waals surface area contributed by atoms with Crippen LogP contribution in [0, 0.1) is 6.92 Å². The van der Waals surface area contributed by atoms with Gasteiger partial charge in [0.1, 0.15) is 11.6 Å². The van der Waals surface area contributed by atoms with Gasteiger partial charge in [0.15, 0.2) is 0 Å². The lowest BCUT2D eigenvalue weighted by atomic mass is 10.1. The van der Waals surface area contributed by atoms with Crippen LogP contribution in [0.5, 0.6) is 5.75 Å². The Bertz CT molecular complexity index is 864. The fourth-order valence-corrected chi connectivity index (χ4v) is 2.89. The van der Waals surface area contributed by atoms with E-state index in [0.29, 0.717) is 5.95 Å². The van der Waals surface area contributed by atoms with E-state index >= 15 is 0 Å². The monoisotopic (exact) mass is 376 g/mol. The van der Waals surface area contributed by atoms with Crippen LogP contribution in [0.4, 0.5) is 17.5 Å². The highest BCUT2D eigenvalue weighted by atomic mass is 16.5. The molecule has 0 radical (unpaired) electrons. The number of rotatable bonds is 9. The van der Waals surface area contributed by atoms with Gasteiger partial charge in [-0.25, -0.2) is 4.98 Å². The van der Waals surface area contributed by atoms with Crippen molar-refractivity contribution in [2.75, 3.05) is 17.2 Å². The van der Waals surface area contributed by atoms with Crippen LogP contribution in [-0.2, 0) is 6.42 Å². The summed E-state index contributed by atoms with van der Waals surface area (Å²) in [6, 6.07) is 20.3. The van der Waals surface area contributed by atoms with Gasteiger partial charge in [-0.15, -0.1) is 0 Å². The number of aromatic nitrogens is 2. The van der Waals surface area contributed by atoms with E-state index in [1.165, 1.54) is 5.56 Å². The fraction of sp³-hybridized carbons (Fsp3) is 0.304. The van der Waals surface area contributed by atoms with E-state index in [0.717, 1.165) is 42.3 Å². The number of aryl methyl sites for hydroxylation is 2. The van der Waals surface area contributed by atoms with Crippen LogP contribution in [0.15, 0.2) is 60.7 Å². The number of anilines is 3. The van der Waals surface area contributed by atoms with E-state index in [2.05, 4.69) is 44.9 Å². The Morgan fingerprint density at radius 1 is 0.964 bits per heavy atom. The second-order valence-corrected chi connectivity index (χ2v) is 7.05. The standard InChI is InChI=1S/C23H28N4O/c1-17(2)28-21-13-11-20(12-14-21)26-22-16-18(3)25-23(27-22)24-15-7-10-19-8-5-4-6-9-19/h4-6,8-9,11-14,16-17H,7,10,15H2,1-3H3,(H2,24,25,26,27). The van der Waals surface area contributed by atoms with Crippen molar-refractivity contribution >= 4 is 17.5 Å². The molecule has 5 heteroatoms. The van der Waals surface area contributed by atoms with Gasteiger partial charge in [0.05, 0.1) is 6.10 Å². The fourth-order valence-electron chi connectivity index (χ4n) is 2.89. The SMILES string of the molecule is Cc1cc(Nc2ccc(OC(C)C)cc2)nc(NCCCc2ccccc2)n1. The Labute approximate surface area is 167 Å². The molecule has 0 unspecified atom stereocenters. The molecule has 0 bridgehead atoms. The van der Waals surface area contributed by atoms with E-state index in [4.69, 9.17) is 4.74 Å². The van der Waals surface area contributed by atoms with Gasteiger partial charge in [-0.1, -0.05) is 30.3 Å². The molecule has 0 atom stereocenters. The van der Waals surface area contributed by atoms with Gasteiger partial charge in [0.25, 0.3) is 0 Å². The van der Waals surface area contributed by atoms with E-state index in [1.54, 1.807) is 0 Å². The minimum atomic E-state index is 0.166. The molecule has 146 valence electrons. The minimum absolute atomic E-state index is 0.166. The number of ether oxygens (including phenoxy) is 1. The summed E-state index contributed by atoms with van der Waals surface area (Å²) < 4.78 is 5.68. The molecule has 1 aromatic heterocycles. The second kappa shape index (κ2) is 9.74. The van der Waals surface area contributed by atoms with Gasteiger partial charge in [-0.2, -0.15) is 4.98 Å². The third-order valence-corrected chi connectivity index (χ3v) is 4.12. The zero-order chi connectivity index (χ0) is 19.8. The molecule has 3 aromatic rings. The maximum absolute atomic E-state index is 5.68.